The van der Waals surface area contributed by atoms with Gasteiger partial charge >= 0.3 is 12.1 Å². The molecule has 3 aromatic rings. The molecule has 0 spiro atoms. The first-order valence-corrected chi connectivity index (χ1v) is 11.6. The number of hydrogen-bond donors (Lipinski definition) is 3. The van der Waals surface area contributed by atoms with E-state index in [0.29, 0.717) is 17.1 Å². The quantitative estimate of drug-likeness (QED) is 0.487. The number of aliphatic carboxylic acids is 1. The maximum Gasteiger partial charge on any atom is 0.433 e. The molecule has 4 bridgehead atoms. The van der Waals surface area contributed by atoms with Crippen LogP contribution in [-0.2, 0) is 16.6 Å². The van der Waals surface area contributed by atoms with Crippen molar-refractivity contribution in [2.75, 3.05) is 5.32 Å². The Morgan fingerprint density at radius 3 is 2.74 bits per heavy atom. The van der Waals surface area contributed by atoms with Gasteiger partial charge in [0.25, 0.3) is 0 Å². The first-order chi connectivity index (χ1) is 16.1. The Kier molecular flexibility index (Phi) is 4.41. The zero-order valence-corrected chi connectivity index (χ0v) is 18.6. The number of hydrogen-bond acceptors (Lipinski definition) is 7. The summed E-state index contributed by atoms with van der Waals surface area (Å²) in [6, 6.07) is 6.24. The van der Waals surface area contributed by atoms with Gasteiger partial charge in [-0.25, -0.2) is 15.0 Å². The highest BCUT2D eigenvalue weighted by Gasteiger charge is 2.82. The summed E-state index contributed by atoms with van der Waals surface area (Å²) >= 11 is 1.32. The second kappa shape index (κ2) is 6.98. The summed E-state index contributed by atoms with van der Waals surface area (Å²) in [6.07, 6.45) is -1.15. The van der Waals surface area contributed by atoms with E-state index in [1.54, 1.807) is 18.3 Å². The number of carboxylic acids is 1. The molecule has 4 saturated carbocycles. The summed E-state index contributed by atoms with van der Waals surface area (Å²) in [6.45, 7) is 1.86. The number of benzene rings is 1. The fourth-order valence-electron chi connectivity index (χ4n) is 6.16. The summed E-state index contributed by atoms with van der Waals surface area (Å²) in [4.78, 5) is 24.4. The lowest BCUT2D eigenvalue weighted by Crippen LogP contribution is -2.34. The van der Waals surface area contributed by atoms with E-state index >= 15 is 0 Å². The van der Waals surface area contributed by atoms with Crippen LogP contribution < -0.4 is 5.32 Å². The molecule has 34 heavy (non-hydrogen) atoms. The summed E-state index contributed by atoms with van der Waals surface area (Å²) in [5, 5.41) is 24.5. The predicted octanol–water partition coefficient (Wildman–Crippen LogP) is 4.46. The molecule has 0 saturated heterocycles. The monoisotopic (exact) mass is 488 g/mol. The highest BCUT2D eigenvalue weighted by molar-refractivity contribution is 7.15. The molecule has 4 fully saturated rings. The van der Waals surface area contributed by atoms with Crippen LogP contribution in [0.15, 0.2) is 36.7 Å². The number of anilines is 2. The molecule has 2 aromatic heterocycles. The van der Waals surface area contributed by atoms with Gasteiger partial charge in [-0.3, -0.25) is 4.79 Å². The number of thiazole rings is 1. The molecule has 4 aliphatic carbocycles. The number of rotatable bonds is 5. The van der Waals surface area contributed by atoms with Crippen molar-refractivity contribution < 1.29 is 28.2 Å². The minimum absolute atomic E-state index is 0.0297. The Bertz CT molecular complexity index is 1330. The van der Waals surface area contributed by atoms with Crippen LogP contribution in [0.3, 0.4) is 0 Å². The van der Waals surface area contributed by atoms with Gasteiger partial charge in [0, 0.05) is 29.9 Å². The summed E-state index contributed by atoms with van der Waals surface area (Å²) in [7, 11) is 0. The van der Waals surface area contributed by atoms with Crippen molar-refractivity contribution >= 4 is 28.9 Å². The fraction of sp³-hybridized carbons (Fsp3) is 0.391. The summed E-state index contributed by atoms with van der Waals surface area (Å²) in [5.74, 6) is -1.63. The molecule has 4 aliphatic rings. The van der Waals surface area contributed by atoms with Gasteiger partial charge in [-0.15, -0.1) is 11.3 Å². The first kappa shape index (κ1) is 21.5. The number of aryl methyl sites for hydroxylation is 1. The van der Waals surface area contributed by atoms with Crippen molar-refractivity contribution in [2.45, 2.75) is 25.1 Å². The Hall–Kier alpha value is -3.05. The van der Waals surface area contributed by atoms with E-state index in [4.69, 9.17) is 0 Å². The van der Waals surface area contributed by atoms with Gasteiger partial charge in [0.05, 0.1) is 10.8 Å². The van der Waals surface area contributed by atoms with Crippen LogP contribution in [0.4, 0.5) is 24.8 Å². The van der Waals surface area contributed by atoms with Crippen molar-refractivity contribution in [3.63, 3.8) is 0 Å². The average molecular weight is 488 g/mol. The number of aromatic nitrogens is 3. The molecular formula is C23H19F3N4O3S. The van der Waals surface area contributed by atoms with Crippen molar-refractivity contribution in [1.29, 1.82) is 0 Å². The van der Waals surface area contributed by atoms with E-state index in [9.17, 15) is 28.2 Å². The number of alkyl halides is 3. The van der Waals surface area contributed by atoms with E-state index in [1.807, 2.05) is 13.0 Å². The number of carbonyl (C=O) groups is 1. The summed E-state index contributed by atoms with van der Waals surface area (Å²) in [5.41, 5.74) is -0.102. The number of nitrogens with one attached hydrogen (secondary N) is 1. The van der Waals surface area contributed by atoms with Gasteiger partial charge in [-0.1, -0.05) is 6.07 Å². The minimum Gasteiger partial charge on any atom is -0.481 e. The molecule has 11 heteroatoms. The van der Waals surface area contributed by atoms with Crippen LogP contribution in [0.1, 0.15) is 22.7 Å². The smallest absolute Gasteiger partial charge is 0.433 e. The molecule has 0 radical (unpaired) electrons. The molecule has 6 atom stereocenters. The van der Waals surface area contributed by atoms with Crippen LogP contribution in [0.2, 0.25) is 0 Å². The first-order valence-electron chi connectivity index (χ1n) is 10.8. The topological polar surface area (TPSA) is 108 Å². The molecule has 0 aliphatic heterocycles. The van der Waals surface area contributed by atoms with Gasteiger partial charge in [0.1, 0.15) is 16.3 Å². The third-order valence-electron chi connectivity index (χ3n) is 7.37. The number of carboxylic acid groups (broad SMARTS) is 1. The van der Waals surface area contributed by atoms with Crippen molar-refractivity contribution in [1.82, 2.24) is 15.0 Å². The molecule has 7 rings (SSSR count). The third-order valence-corrected chi connectivity index (χ3v) is 8.56. The number of halogens is 3. The third kappa shape index (κ3) is 3.06. The molecular weight excluding hydrogens is 469 g/mol. The second-order valence-corrected chi connectivity index (χ2v) is 10.3. The van der Waals surface area contributed by atoms with Gasteiger partial charge in [0.15, 0.2) is 0 Å². The largest absolute Gasteiger partial charge is 0.481 e. The zero-order valence-electron chi connectivity index (χ0n) is 17.7. The fourth-order valence-corrected chi connectivity index (χ4v) is 7.26. The van der Waals surface area contributed by atoms with E-state index in [0.717, 1.165) is 28.3 Å². The van der Waals surface area contributed by atoms with Gasteiger partial charge < -0.3 is 15.5 Å². The van der Waals surface area contributed by atoms with E-state index in [-0.39, 0.29) is 29.6 Å². The average Bonchev–Trinajstić information content (AvgIpc) is 3.16. The van der Waals surface area contributed by atoms with E-state index in [2.05, 4.69) is 20.3 Å². The Morgan fingerprint density at radius 1 is 1.26 bits per heavy atom. The molecule has 6 unspecified atom stereocenters. The molecule has 1 aromatic carbocycles. The zero-order chi connectivity index (χ0) is 24.0. The minimum atomic E-state index is -4.57. The van der Waals surface area contributed by atoms with Crippen LogP contribution in [0.25, 0.3) is 10.4 Å². The lowest BCUT2D eigenvalue weighted by molar-refractivity contribution is -0.145. The Balaban J connectivity index is 1.29. The van der Waals surface area contributed by atoms with Gasteiger partial charge in [-0.05, 0) is 54.5 Å². The second-order valence-electron chi connectivity index (χ2n) is 9.30. The van der Waals surface area contributed by atoms with Crippen molar-refractivity contribution in [3.8, 4) is 10.4 Å². The maximum atomic E-state index is 13.0. The summed E-state index contributed by atoms with van der Waals surface area (Å²) < 4.78 is 38.9. The maximum absolute atomic E-state index is 13.0. The van der Waals surface area contributed by atoms with Crippen LogP contribution in [-0.4, -0.2) is 31.1 Å². The van der Waals surface area contributed by atoms with E-state index in [1.165, 1.54) is 11.3 Å². The standard InChI is InChI=1S/C23H19F3N4O3S/c1-9-4-10(6-11(5-9)29-21-27-3-2-15(30-21)23(24,25)26)14-8-28-20(34-14)22(33)13-7-12-16(18(12)22)17(13)19(31)32/h2-6,8,12-13,16-18,33H,7H2,1H3,(H,31,32)(H,27,29,30). The molecule has 7 nitrogen and oxygen atoms in total. The van der Waals surface area contributed by atoms with Crippen molar-refractivity contribution in [3.05, 3.63) is 52.9 Å². The van der Waals surface area contributed by atoms with Crippen molar-refractivity contribution in [2.24, 2.45) is 29.6 Å². The van der Waals surface area contributed by atoms with Gasteiger partial charge in [-0.2, -0.15) is 13.2 Å². The highest BCUT2D eigenvalue weighted by Crippen LogP contribution is 2.80. The predicted molar refractivity (Wildman–Crippen MR) is 116 cm³/mol. The van der Waals surface area contributed by atoms with Crippen LogP contribution >= 0.6 is 11.3 Å². The SMILES string of the molecule is Cc1cc(Nc2nccc(C(F)(F)F)n2)cc(-c2cnc(C3(O)C4CC5C(C4C(=O)O)C53)s2)c1. The normalized spacial score (nSPS) is 31.0. The molecule has 2 heterocycles. The Morgan fingerprint density at radius 2 is 2.06 bits per heavy atom. The number of aliphatic hydroxyl groups is 1. The van der Waals surface area contributed by atoms with E-state index < -0.39 is 29.4 Å². The lowest BCUT2D eigenvalue weighted by atomic mass is 9.88. The number of nitrogens with zero attached hydrogens (tertiary/aromatic N) is 3. The highest BCUT2D eigenvalue weighted by atomic mass is 32.1. The molecule has 3 N–H and O–H groups in total. The van der Waals surface area contributed by atoms with Crippen LogP contribution in [0, 0.1) is 36.5 Å². The van der Waals surface area contributed by atoms with Crippen LogP contribution in [0.5, 0.6) is 0 Å². The lowest BCUT2D eigenvalue weighted by Gasteiger charge is -2.26. The molecule has 176 valence electrons. The molecule has 0 amide bonds. The van der Waals surface area contributed by atoms with Gasteiger partial charge in [0.2, 0.25) is 5.95 Å². The Labute approximate surface area is 195 Å².